The molecule has 0 aromatic rings. The third-order valence-electron chi connectivity index (χ3n) is 2.05. The smallest absolute Gasteiger partial charge is 0.120 e. The van der Waals surface area contributed by atoms with Gasteiger partial charge < -0.3 is 4.79 Å². The maximum absolute atomic E-state index is 10.1. The van der Waals surface area contributed by atoms with Crippen molar-refractivity contribution in [3.05, 3.63) is 12.2 Å². The van der Waals surface area contributed by atoms with E-state index in [4.69, 9.17) is 0 Å². The minimum atomic E-state index is 0.577. The standard InChI is InChI=1S/C11H20O/c1-3-4-5-6-7-8-11(2)9-10-12/h3-4,10-11H,5-9H2,1-2H3/b4-3+. The highest BCUT2D eigenvalue weighted by molar-refractivity contribution is 5.49. The number of unbranched alkanes of at least 4 members (excludes halogenated alkanes) is 2. The fourth-order valence-electron chi connectivity index (χ4n) is 1.20. The van der Waals surface area contributed by atoms with Crippen LogP contribution < -0.4 is 0 Å². The number of rotatable bonds is 7. The molecule has 0 aliphatic rings. The summed E-state index contributed by atoms with van der Waals surface area (Å²) in [7, 11) is 0. The molecular formula is C11H20O. The van der Waals surface area contributed by atoms with Crippen LogP contribution in [0.4, 0.5) is 0 Å². The van der Waals surface area contributed by atoms with Crippen molar-refractivity contribution in [2.75, 3.05) is 0 Å². The molecule has 0 spiro atoms. The van der Waals surface area contributed by atoms with Gasteiger partial charge >= 0.3 is 0 Å². The quantitative estimate of drug-likeness (QED) is 0.324. The largest absolute Gasteiger partial charge is 0.303 e. The predicted octanol–water partition coefficient (Wildman–Crippen LogP) is 3.35. The molecule has 0 rings (SSSR count). The van der Waals surface area contributed by atoms with Gasteiger partial charge in [-0.05, 0) is 25.7 Å². The zero-order valence-corrected chi connectivity index (χ0v) is 8.25. The van der Waals surface area contributed by atoms with E-state index >= 15 is 0 Å². The molecule has 0 fully saturated rings. The van der Waals surface area contributed by atoms with Gasteiger partial charge in [-0.25, -0.2) is 0 Å². The molecule has 0 amide bonds. The van der Waals surface area contributed by atoms with Gasteiger partial charge in [-0.1, -0.05) is 31.9 Å². The van der Waals surface area contributed by atoms with Crippen LogP contribution in [0.1, 0.15) is 46.0 Å². The van der Waals surface area contributed by atoms with Crippen LogP contribution in [0.2, 0.25) is 0 Å². The zero-order valence-electron chi connectivity index (χ0n) is 8.25. The molecule has 0 heterocycles. The molecule has 0 saturated carbocycles. The highest BCUT2D eigenvalue weighted by Gasteiger charge is 1.99. The number of hydrogen-bond donors (Lipinski definition) is 0. The second kappa shape index (κ2) is 8.51. The van der Waals surface area contributed by atoms with E-state index in [1.807, 2.05) is 0 Å². The van der Waals surface area contributed by atoms with Gasteiger partial charge in [0.15, 0.2) is 0 Å². The van der Waals surface area contributed by atoms with E-state index in [1.165, 1.54) is 25.7 Å². The summed E-state index contributed by atoms with van der Waals surface area (Å²) in [6.07, 6.45) is 10.9. The second-order valence-corrected chi connectivity index (χ2v) is 3.36. The summed E-state index contributed by atoms with van der Waals surface area (Å²) >= 11 is 0. The minimum Gasteiger partial charge on any atom is -0.303 e. The summed E-state index contributed by atoms with van der Waals surface area (Å²) in [6.45, 7) is 4.19. The summed E-state index contributed by atoms with van der Waals surface area (Å²) in [5, 5.41) is 0. The normalized spacial score (nSPS) is 13.5. The molecule has 0 aliphatic carbocycles. The maximum atomic E-state index is 10.1. The molecule has 0 N–H and O–H groups in total. The van der Waals surface area contributed by atoms with Gasteiger partial charge in [-0.15, -0.1) is 0 Å². The van der Waals surface area contributed by atoms with Crippen LogP contribution in [0, 0.1) is 5.92 Å². The summed E-state index contributed by atoms with van der Waals surface area (Å²) in [5.41, 5.74) is 0. The summed E-state index contributed by atoms with van der Waals surface area (Å²) in [5.74, 6) is 0.577. The Bertz CT molecular complexity index is 127. The van der Waals surface area contributed by atoms with E-state index in [2.05, 4.69) is 26.0 Å². The van der Waals surface area contributed by atoms with Crippen molar-refractivity contribution >= 4 is 6.29 Å². The molecule has 1 atom stereocenters. The average Bonchev–Trinajstić information content (AvgIpc) is 2.05. The van der Waals surface area contributed by atoms with Crippen LogP contribution >= 0.6 is 0 Å². The number of carbonyl (C=O) groups is 1. The van der Waals surface area contributed by atoms with Crippen LogP contribution in [-0.2, 0) is 4.79 Å². The molecule has 70 valence electrons. The van der Waals surface area contributed by atoms with Crippen LogP contribution in [0.3, 0.4) is 0 Å². The van der Waals surface area contributed by atoms with Gasteiger partial charge in [0.25, 0.3) is 0 Å². The Morgan fingerprint density at radius 1 is 1.33 bits per heavy atom. The molecule has 1 nitrogen and oxygen atoms in total. The summed E-state index contributed by atoms with van der Waals surface area (Å²) < 4.78 is 0. The lowest BCUT2D eigenvalue weighted by Crippen LogP contribution is -1.94. The van der Waals surface area contributed by atoms with Crippen LogP contribution in [0.25, 0.3) is 0 Å². The fourth-order valence-corrected chi connectivity index (χ4v) is 1.20. The molecule has 0 radical (unpaired) electrons. The van der Waals surface area contributed by atoms with Gasteiger partial charge in [-0.2, -0.15) is 0 Å². The van der Waals surface area contributed by atoms with Gasteiger partial charge in [0.2, 0.25) is 0 Å². The molecule has 1 unspecified atom stereocenters. The monoisotopic (exact) mass is 168 g/mol. The third kappa shape index (κ3) is 7.52. The van der Waals surface area contributed by atoms with Crippen LogP contribution in [0.15, 0.2) is 12.2 Å². The number of aldehydes is 1. The van der Waals surface area contributed by atoms with Gasteiger partial charge in [-0.3, -0.25) is 0 Å². The Morgan fingerprint density at radius 3 is 2.67 bits per heavy atom. The highest BCUT2D eigenvalue weighted by atomic mass is 16.1. The SMILES string of the molecule is C/C=C/CCCCC(C)CC=O. The Labute approximate surface area is 75.9 Å². The van der Waals surface area contributed by atoms with Gasteiger partial charge in [0, 0.05) is 6.42 Å². The first-order valence-corrected chi connectivity index (χ1v) is 4.86. The molecule has 0 bridgehead atoms. The van der Waals surface area contributed by atoms with E-state index in [0.717, 1.165) is 12.7 Å². The van der Waals surface area contributed by atoms with Crippen molar-refractivity contribution in [2.45, 2.75) is 46.0 Å². The second-order valence-electron chi connectivity index (χ2n) is 3.36. The van der Waals surface area contributed by atoms with Gasteiger partial charge in [0.1, 0.15) is 6.29 Å². The van der Waals surface area contributed by atoms with Crippen molar-refractivity contribution in [1.82, 2.24) is 0 Å². The lowest BCUT2D eigenvalue weighted by atomic mass is 10.0. The molecular weight excluding hydrogens is 148 g/mol. The first-order chi connectivity index (χ1) is 5.81. The van der Waals surface area contributed by atoms with Crippen molar-refractivity contribution in [1.29, 1.82) is 0 Å². The Hall–Kier alpha value is -0.590. The van der Waals surface area contributed by atoms with Crippen molar-refractivity contribution < 1.29 is 4.79 Å². The molecule has 12 heavy (non-hydrogen) atoms. The highest BCUT2D eigenvalue weighted by Crippen LogP contribution is 2.11. The van der Waals surface area contributed by atoms with E-state index in [0.29, 0.717) is 5.92 Å². The molecule has 0 saturated heterocycles. The van der Waals surface area contributed by atoms with E-state index < -0.39 is 0 Å². The Morgan fingerprint density at radius 2 is 2.08 bits per heavy atom. The lowest BCUT2D eigenvalue weighted by Gasteiger charge is -2.05. The van der Waals surface area contributed by atoms with E-state index in [9.17, 15) is 4.79 Å². The third-order valence-corrected chi connectivity index (χ3v) is 2.05. The molecule has 0 aliphatic heterocycles. The predicted molar refractivity (Wildman–Crippen MR) is 53.1 cm³/mol. The van der Waals surface area contributed by atoms with Gasteiger partial charge in [0.05, 0.1) is 0 Å². The summed E-state index contributed by atoms with van der Waals surface area (Å²) in [6, 6.07) is 0. The number of allylic oxidation sites excluding steroid dienone is 2. The van der Waals surface area contributed by atoms with Crippen molar-refractivity contribution in [3.8, 4) is 0 Å². The number of hydrogen-bond acceptors (Lipinski definition) is 1. The zero-order chi connectivity index (χ0) is 9.23. The number of carbonyl (C=O) groups excluding carboxylic acids is 1. The topological polar surface area (TPSA) is 17.1 Å². The maximum Gasteiger partial charge on any atom is 0.120 e. The Balaban J connectivity index is 3.13. The Kier molecular flexibility index (Phi) is 8.09. The van der Waals surface area contributed by atoms with E-state index in [-0.39, 0.29) is 0 Å². The van der Waals surface area contributed by atoms with Crippen LogP contribution in [0.5, 0.6) is 0 Å². The minimum absolute atomic E-state index is 0.577. The van der Waals surface area contributed by atoms with Crippen molar-refractivity contribution in [3.63, 3.8) is 0 Å². The first kappa shape index (κ1) is 11.4. The fraction of sp³-hybridized carbons (Fsp3) is 0.727. The average molecular weight is 168 g/mol. The first-order valence-electron chi connectivity index (χ1n) is 4.86. The van der Waals surface area contributed by atoms with Crippen LogP contribution in [-0.4, -0.2) is 6.29 Å². The molecule has 1 heteroatoms. The molecule has 0 aromatic carbocycles. The molecule has 0 aromatic heterocycles. The van der Waals surface area contributed by atoms with E-state index in [1.54, 1.807) is 0 Å². The van der Waals surface area contributed by atoms with Crippen molar-refractivity contribution in [2.24, 2.45) is 5.92 Å². The summed E-state index contributed by atoms with van der Waals surface area (Å²) in [4.78, 5) is 10.1. The lowest BCUT2D eigenvalue weighted by molar-refractivity contribution is -0.108.